The van der Waals surface area contributed by atoms with Crippen molar-refractivity contribution in [3.63, 3.8) is 0 Å². The zero-order chi connectivity index (χ0) is 16.4. The monoisotopic (exact) mass is 306 g/mol. The summed E-state index contributed by atoms with van der Waals surface area (Å²) in [6.07, 6.45) is 11.4. The van der Waals surface area contributed by atoms with Crippen LogP contribution >= 0.6 is 0 Å². The lowest BCUT2D eigenvalue weighted by atomic mass is 9.48. The molecule has 0 heterocycles. The van der Waals surface area contributed by atoms with Crippen LogP contribution in [0.5, 0.6) is 0 Å². The van der Waals surface area contributed by atoms with Gasteiger partial charge in [0, 0.05) is 6.61 Å². The highest BCUT2D eigenvalue weighted by atomic mass is 16.3. The Labute approximate surface area is 136 Å². The summed E-state index contributed by atoms with van der Waals surface area (Å²) in [6.45, 7) is 9.64. The molecule has 2 N–H and O–H groups in total. The van der Waals surface area contributed by atoms with Gasteiger partial charge in [-0.05, 0) is 68.6 Å². The molecule has 2 heteroatoms. The number of hydrogen-bond acceptors (Lipinski definition) is 2. The van der Waals surface area contributed by atoms with Gasteiger partial charge in [-0.15, -0.1) is 0 Å². The normalized spacial score (nSPS) is 39.4. The Morgan fingerprint density at radius 3 is 2.68 bits per heavy atom. The molecule has 1 fully saturated rings. The van der Waals surface area contributed by atoms with Crippen molar-refractivity contribution in [3.8, 4) is 0 Å². The van der Waals surface area contributed by atoms with Gasteiger partial charge in [0.1, 0.15) is 0 Å². The third-order valence-electron chi connectivity index (χ3n) is 6.75. The first-order chi connectivity index (χ1) is 10.4. The maximum absolute atomic E-state index is 9.99. The van der Waals surface area contributed by atoms with E-state index in [2.05, 4.69) is 33.8 Å². The van der Waals surface area contributed by atoms with Crippen LogP contribution in [0.15, 0.2) is 23.3 Å². The minimum Gasteiger partial charge on any atom is -0.396 e. The van der Waals surface area contributed by atoms with E-state index in [0.29, 0.717) is 23.9 Å². The van der Waals surface area contributed by atoms with Crippen LogP contribution in [0.3, 0.4) is 0 Å². The van der Waals surface area contributed by atoms with Gasteiger partial charge in [0.05, 0.1) is 6.61 Å². The lowest BCUT2D eigenvalue weighted by molar-refractivity contribution is -0.0738. The van der Waals surface area contributed by atoms with Gasteiger partial charge >= 0.3 is 0 Å². The zero-order valence-electron chi connectivity index (χ0n) is 14.9. The molecule has 0 saturated heterocycles. The highest BCUT2D eigenvalue weighted by Crippen LogP contribution is 2.60. The van der Waals surface area contributed by atoms with Crippen LogP contribution in [0.1, 0.15) is 66.2 Å². The lowest BCUT2D eigenvalue weighted by Crippen LogP contribution is -2.50. The van der Waals surface area contributed by atoms with E-state index in [1.54, 1.807) is 0 Å². The molecule has 2 nitrogen and oxygen atoms in total. The Morgan fingerprint density at radius 1 is 1.32 bits per heavy atom. The lowest BCUT2D eigenvalue weighted by Gasteiger charge is -2.57. The molecule has 1 saturated carbocycles. The predicted molar refractivity (Wildman–Crippen MR) is 92.6 cm³/mol. The third-order valence-corrected chi connectivity index (χ3v) is 6.75. The molecule has 2 aliphatic rings. The van der Waals surface area contributed by atoms with Crippen molar-refractivity contribution in [3.05, 3.63) is 23.3 Å². The van der Waals surface area contributed by atoms with Crippen LogP contribution in [0.4, 0.5) is 0 Å². The Morgan fingerprint density at radius 2 is 2.05 bits per heavy atom. The molecule has 22 heavy (non-hydrogen) atoms. The molecule has 0 aliphatic heterocycles. The number of hydrogen-bond donors (Lipinski definition) is 2. The fraction of sp³-hybridized carbons (Fsp3) is 0.800. The number of allylic oxidation sites excluding steroid dienone is 3. The zero-order valence-corrected chi connectivity index (χ0v) is 14.9. The van der Waals surface area contributed by atoms with E-state index in [1.165, 1.54) is 30.4 Å². The Bertz CT molecular complexity index is 451. The average Bonchev–Trinajstić information content (AvgIpc) is 2.46. The number of fused-ring (bicyclic) bond motifs is 1. The summed E-state index contributed by atoms with van der Waals surface area (Å²) >= 11 is 0. The molecule has 0 aromatic heterocycles. The first kappa shape index (κ1) is 17.7. The highest BCUT2D eigenvalue weighted by Gasteiger charge is 2.52. The smallest absolute Gasteiger partial charge is 0.0614 e. The van der Waals surface area contributed by atoms with Crippen molar-refractivity contribution in [1.29, 1.82) is 0 Å². The Kier molecular flexibility index (Phi) is 5.55. The molecule has 2 rings (SSSR count). The van der Waals surface area contributed by atoms with Crippen LogP contribution in [0, 0.1) is 22.7 Å². The standard InChI is InChI=1S/C20H34O2/c1-15(10-13-21)6-8-17-16(2)7-9-18-19(3,14-22)11-5-12-20(17,18)4/h7,10,17-18,21-22H,5-6,8-9,11-14H2,1-4H3/b15-10+/t17-,18+,19-,20-/m1/s1. The predicted octanol–water partition coefficient (Wildman–Crippen LogP) is 4.48. The first-order valence-electron chi connectivity index (χ1n) is 8.91. The van der Waals surface area contributed by atoms with E-state index in [9.17, 15) is 5.11 Å². The molecule has 0 radical (unpaired) electrons. The van der Waals surface area contributed by atoms with Crippen LogP contribution in [0.25, 0.3) is 0 Å². The molecule has 0 aromatic carbocycles. The fourth-order valence-corrected chi connectivity index (χ4v) is 5.33. The minimum absolute atomic E-state index is 0.0818. The van der Waals surface area contributed by atoms with E-state index in [1.807, 2.05) is 6.08 Å². The molecular weight excluding hydrogens is 272 g/mol. The van der Waals surface area contributed by atoms with E-state index in [-0.39, 0.29) is 12.0 Å². The van der Waals surface area contributed by atoms with Gasteiger partial charge in [-0.2, -0.15) is 0 Å². The summed E-state index contributed by atoms with van der Waals surface area (Å²) in [4.78, 5) is 0. The summed E-state index contributed by atoms with van der Waals surface area (Å²) in [5, 5.41) is 19.0. The molecule has 0 spiro atoms. The maximum Gasteiger partial charge on any atom is 0.0614 e. The average molecular weight is 306 g/mol. The first-order valence-corrected chi connectivity index (χ1v) is 8.91. The summed E-state index contributed by atoms with van der Waals surface area (Å²) in [6, 6.07) is 0. The molecule has 126 valence electrons. The quantitative estimate of drug-likeness (QED) is 0.735. The number of rotatable bonds is 5. The van der Waals surface area contributed by atoms with Crippen LogP contribution < -0.4 is 0 Å². The minimum atomic E-state index is 0.0818. The highest BCUT2D eigenvalue weighted by molar-refractivity contribution is 5.19. The molecule has 4 atom stereocenters. The van der Waals surface area contributed by atoms with Crippen molar-refractivity contribution in [1.82, 2.24) is 0 Å². The largest absolute Gasteiger partial charge is 0.396 e. The van der Waals surface area contributed by atoms with Crippen LogP contribution in [-0.2, 0) is 0 Å². The SMILES string of the molecule is CC1=CC[C@H]2[C@@](C)(CO)CCC[C@]2(C)[C@@H]1CC/C(C)=C/CO. The molecule has 0 aromatic rings. The fourth-order valence-electron chi connectivity index (χ4n) is 5.33. The van der Waals surface area contributed by atoms with Gasteiger partial charge in [0.25, 0.3) is 0 Å². The van der Waals surface area contributed by atoms with Gasteiger partial charge in [0.2, 0.25) is 0 Å². The molecule has 0 unspecified atom stereocenters. The van der Waals surface area contributed by atoms with Crippen molar-refractivity contribution in [2.45, 2.75) is 66.2 Å². The molecular formula is C20H34O2. The Hall–Kier alpha value is -0.600. The third kappa shape index (κ3) is 3.19. The second kappa shape index (κ2) is 6.88. The summed E-state index contributed by atoms with van der Waals surface area (Å²) in [7, 11) is 0. The van der Waals surface area contributed by atoms with Crippen molar-refractivity contribution in [2.75, 3.05) is 13.2 Å². The molecule has 2 aliphatic carbocycles. The second-order valence-electron chi connectivity index (χ2n) is 8.23. The topological polar surface area (TPSA) is 40.5 Å². The molecule has 0 amide bonds. The van der Waals surface area contributed by atoms with Gasteiger partial charge in [-0.25, -0.2) is 0 Å². The van der Waals surface area contributed by atoms with Crippen molar-refractivity contribution < 1.29 is 10.2 Å². The maximum atomic E-state index is 9.99. The van der Waals surface area contributed by atoms with Crippen molar-refractivity contribution in [2.24, 2.45) is 22.7 Å². The van der Waals surface area contributed by atoms with Gasteiger partial charge < -0.3 is 10.2 Å². The van der Waals surface area contributed by atoms with E-state index in [0.717, 1.165) is 19.3 Å². The van der Waals surface area contributed by atoms with Crippen LogP contribution in [-0.4, -0.2) is 23.4 Å². The van der Waals surface area contributed by atoms with E-state index < -0.39 is 0 Å². The summed E-state index contributed by atoms with van der Waals surface area (Å²) in [5.41, 5.74) is 3.23. The van der Waals surface area contributed by atoms with Crippen molar-refractivity contribution >= 4 is 0 Å². The van der Waals surface area contributed by atoms with Gasteiger partial charge in [0.15, 0.2) is 0 Å². The molecule has 0 bridgehead atoms. The summed E-state index contributed by atoms with van der Waals surface area (Å²) < 4.78 is 0. The second-order valence-corrected chi connectivity index (χ2v) is 8.23. The van der Waals surface area contributed by atoms with E-state index >= 15 is 0 Å². The van der Waals surface area contributed by atoms with E-state index in [4.69, 9.17) is 5.11 Å². The Balaban J connectivity index is 2.23. The van der Waals surface area contributed by atoms with Gasteiger partial charge in [-0.1, -0.05) is 43.6 Å². The van der Waals surface area contributed by atoms with Gasteiger partial charge in [-0.3, -0.25) is 0 Å². The summed E-state index contributed by atoms with van der Waals surface area (Å²) in [5.74, 6) is 1.20. The van der Waals surface area contributed by atoms with Crippen LogP contribution in [0.2, 0.25) is 0 Å². The number of aliphatic hydroxyl groups is 2. The number of aliphatic hydroxyl groups excluding tert-OH is 2.